The van der Waals surface area contributed by atoms with Crippen molar-refractivity contribution in [1.82, 2.24) is 14.9 Å². The second kappa shape index (κ2) is 7.05. The van der Waals surface area contributed by atoms with Crippen LogP contribution in [0.15, 0.2) is 35.1 Å². The lowest BCUT2D eigenvalue weighted by atomic mass is 10.1. The van der Waals surface area contributed by atoms with Gasteiger partial charge >= 0.3 is 0 Å². The summed E-state index contributed by atoms with van der Waals surface area (Å²) in [4.78, 5) is 23.9. The summed E-state index contributed by atoms with van der Waals surface area (Å²) in [5.74, 6) is 0.941. The van der Waals surface area contributed by atoms with Crippen molar-refractivity contribution in [3.8, 4) is 0 Å². The zero-order valence-corrected chi connectivity index (χ0v) is 14.3. The lowest BCUT2D eigenvalue weighted by Crippen LogP contribution is -2.47. The van der Waals surface area contributed by atoms with E-state index >= 15 is 0 Å². The molecule has 2 aromatic rings. The average molecular weight is 327 g/mol. The lowest BCUT2D eigenvalue weighted by Gasteiger charge is -2.35. The first-order chi connectivity index (χ1) is 11.5. The van der Waals surface area contributed by atoms with Crippen LogP contribution in [0.5, 0.6) is 0 Å². The number of nitrogens with zero attached hydrogens (tertiary/aromatic N) is 3. The molecule has 24 heavy (non-hydrogen) atoms. The molecule has 1 saturated heterocycles. The Morgan fingerprint density at radius 3 is 2.46 bits per heavy atom. The van der Waals surface area contributed by atoms with Gasteiger partial charge in [-0.3, -0.25) is 14.7 Å². The molecule has 1 aromatic heterocycles. The Bertz CT molecular complexity index is 730. The van der Waals surface area contributed by atoms with E-state index in [1.54, 1.807) is 6.07 Å². The minimum absolute atomic E-state index is 0.0759. The maximum atomic E-state index is 11.8. The SMILES string of the molecule is CC(C)c1cc(=O)[nH]c(N2CCN(Cc3ccc(N)cc3)CC2)n1. The van der Waals surface area contributed by atoms with Crippen molar-refractivity contribution in [2.75, 3.05) is 36.8 Å². The molecule has 2 heterocycles. The van der Waals surface area contributed by atoms with E-state index in [1.807, 2.05) is 12.1 Å². The summed E-state index contributed by atoms with van der Waals surface area (Å²) in [5.41, 5.74) is 8.57. The Balaban J connectivity index is 1.62. The second-order valence-electron chi connectivity index (χ2n) is 6.65. The highest BCUT2D eigenvalue weighted by Crippen LogP contribution is 2.16. The van der Waals surface area contributed by atoms with Gasteiger partial charge in [-0.15, -0.1) is 0 Å². The Hall–Kier alpha value is -2.34. The van der Waals surface area contributed by atoms with Gasteiger partial charge in [-0.25, -0.2) is 4.98 Å². The zero-order valence-electron chi connectivity index (χ0n) is 14.3. The lowest BCUT2D eigenvalue weighted by molar-refractivity contribution is 0.248. The molecule has 128 valence electrons. The Morgan fingerprint density at radius 2 is 1.83 bits per heavy atom. The molecule has 0 saturated carbocycles. The fraction of sp³-hybridized carbons (Fsp3) is 0.444. The second-order valence-corrected chi connectivity index (χ2v) is 6.65. The molecule has 0 atom stereocenters. The van der Waals surface area contributed by atoms with Crippen molar-refractivity contribution in [3.05, 3.63) is 51.9 Å². The van der Waals surface area contributed by atoms with Gasteiger partial charge in [-0.05, 0) is 23.6 Å². The van der Waals surface area contributed by atoms with Crippen LogP contribution in [-0.4, -0.2) is 41.0 Å². The molecular formula is C18H25N5O. The van der Waals surface area contributed by atoms with Crippen LogP contribution in [0.25, 0.3) is 0 Å². The van der Waals surface area contributed by atoms with E-state index in [2.05, 4.69) is 45.7 Å². The van der Waals surface area contributed by atoms with Crippen molar-refractivity contribution in [1.29, 1.82) is 0 Å². The standard InChI is InChI=1S/C18H25N5O/c1-13(2)16-11-17(24)21-18(20-16)23-9-7-22(8-10-23)12-14-3-5-15(19)6-4-14/h3-6,11,13H,7-10,12,19H2,1-2H3,(H,20,21,24). The van der Waals surface area contributed by atoms with Crippen molar-refractivity contribution in [3.63, 3.8) is 0 Å². The summed E-state index contributed by atoms with van der Waals surface area (Å²) in [6.45, 7) is 8.63. The molecule has 3 N–H and O–H groups in total. The molecule has 6 nitrogen and oxygen atoms in total. The van der Waals surface area contributed by atoms with Crippen molar-refractivity contribution in [2.24, 2.45) is 0 Å². The smallest absolute Gasteiger partial charge is 0.252 e. The molecule has 0 spiro atoms. The third kappa shape index (κ3) is 3.94. The number of anilines is 2. The number of rotatable bonds is 4. The maximum Gasteiger partial charge on any atom is 0.252 e. The molecule has 0 radical (unpaired) electrons. The van der Waals surface area contributed by atoms with Crippen LogP contribution in [0, 0.1) is 0 Å². The van der Waals surface area contributed by atoms with E-state index in [0.717, 1.165) is 44.1 Å². The topological polar surface area (TPSA) is 78.2 Å². The van der Waals surface area contributed by atoms with Crippen LogP contribution in [0.4, 0.5) is 11.6 Å². The van der Waals surface area contributed by atoms with Crippen molar-refractivity contribution in [2.45, 2.75) is 26.3 Å². The van der Waals surface area contributed by atoms with Crippen molar-refractivity contribution >= 4 is 11.6 Å². The third-order valence-electron chi connectivity index (χ3n) is 4.40. The van der Waals surface area contributed by atoms with Gasteiger partial charge in [-0.2, -0.15) is 0 Å². The third-order valence-corrected chi connectivity index (χ3v) is 4.40. The van der Waals surface area contributed by atoms with E-state index in [-0.39, 0.29) is 11.5 Å². The first-order valence-corrected chi connectivity index (χ1v) is 8.44. The summed E-state index contributed by atoms with van der Waals surface area (Å²) in [6.07, 6.45) is 0. The predicted octanol–water partition coefficient (Wildman–Crippen LogP) is 1.80. The highest BCUT2D eigenvalue weighted by Gasteiger charge is 2.19. The van der Waals surface area contributed by atoms with Crippen LogP contribution in [0.3, 0.4) is 0 Å². The van der Waals surface area contributed by atoms with Crippen molar-refractivity contribution < 1.29 is 0 Å². The molecule has 1 fully saturated rings. The number of hydrogen-bond donors (Lipinski definition) is 2. The number of nitrogen functional groups attached to an aromatic ring is 1. The van der Waals surface area contributed by atoms with Crippen LogP contribution < -0.4 is 16.2 Å². The van der Waals surface area contributed by atoms with Gasteiger partial charge in [0, 0.05) is 44.5 Å². The molecule has 1 aromatic carbocycles. The quantitative estimate of drug-likeness (QED) is 0.837. The number of piperazine rings is 1. The minimum atomic E-state index is -0.0759. The van der Waals surface area contributed by atoms with Gasteiger partial charge in [0.25, 0.3) is 5.56 Å². The summed E-state index contributed by atoms with van der Waals surface area (Å²) < 4.78 is 0. The van der Waals surface area contributed by atoms with Crippen LogP contribution in [0.1, 0.15) is 31.0 Å². The van der Waals surface area contributed by atoms with E-state index < -0.39 is 0 Å². The summed E-state index contributed by atoms with van der Waals surface area (Å²) >= 11 is 0. The molecule has 0 unspecified atom stereocenters. The zero-order chi connectivity index (χ0) is 17.1. The fourth-order valence-corrected chi connectivity index (χ4v) is 2.91. The predicted molar refractivity (Wildman–Crippen MR) is 97.3 cm³/mol. The fourth-order valence-electron chi connectivity index (χ4n) is 2.91. The minimum Gasteiger partial charge on any atom is -0.399 e. The number of nitrogens with one attached hydrogen (secondary N) is 1. The van der Waals surface area contributed by atoms with Crippen LogP contribution >= 0.6 is 0 Å². The number of hydrogen-bond acceptors (Lipinski definition) is 5. The molecule has 0 amide bonds. The highest BCUT2D eigenvalue weighted by molar-refractivity contribution is 5.39. The van der Waals surface area contributed by atoms with E-state index in [0.29, 0.717) is 5.95 Å². The molecule has 0 bridgehead atoms. The molecule has 1 aliphatic heterocycles. The monoisotopic (exact) mass is 327 g/mol. The summed E-state index contributed by atoms with van der Waals surface area (Å²) in [6, 6.07) is 9.63. The van der Waals surface area contributed by atoms with E-state index in [9.17, 15) is 4.79 Å². The van der Waals surface area contributed by atoms with Gasteiger partial charge in [0.1, 0.15) is 0 Å². The number of H-pyrrole nitrogens is 1. The number of aromatic nitrogens is 2. The van der Waals surface area contributed by atoms with Crippen LogP contribution in [0.2, 0.25) is 0 Å². The van der Waals surface area contributed by atoms with E-state index in [1.165, 1.54) is 5.56 Å². The van der Waals surface area contributed by atoms with Gasteiger partial charge < -0.3 is 10.6 Å². The molecular weight excluding hydrogens is 302 g/mol. The maximum absolute atomic E-state index is 11.8. The summed E-state index contributed by atoms with van der Waals surface area (Å²) in [7, 11) is 0. The first-order valence-electron chi connectivity index (χ1n) is 8.44. The highest BCUT2D eigenvalue weighted by atomic mass is 16.1. The molecule has 6 heteroatoms. The number of aromatic amines is 1. The van der Waals surface area contributed by atoms with Gasteiger partial charge in [-0.1, -0.05) is 26.0 Å². The van der Waals surface area contributed by atoms with Gasteiger partial charge in [0.2, 0.25) is 5.95 Å². The van der Waals surface area contributed by atoms with Gasteiger partial charge in [0.05, 0.1) is 5.69 Å². The van der Waals surface area contributed by atoms with Crippen LogP contribution in [-0.2, 0) is 6.54 Å². The summed E-state index contributed by atoms with van der Waals surface area (Å²) in [5, 5.41) is 0. The normalized spacial score (nSPS) is 15.9. The largest absolute Gasteiger partial charge is 0.399 e. The Morgan fingerprint density at radius 1 is 1.17 bits per heavy atom. The Kier molecular flexibility index (Phi) is 4.85. The number of benzene rings is 1. The molecule has 3 rings (SSSR count). The average Bonchev–Trinajstić information content (AvgIpc) is 2.57. The number of nitrogens with two attached hydrogens (primary N) is 1. The van der Waals surface area contributed by atoms with Gasteiger partial charge in [0.15, 0.2) is 0 Å². The van der Waals surface area contributed by atoms with E-state index in [4.69, 9.17) is 5.73 Å². The molecule has 1 aliphatic rings. The first kappa shape index (κ1) is 16.5. The Labute approximate surface area is 142 Å². The molecule has 0 aliphatic carbocycles.